The molecule has 1 aromatic carbocycles. The minimum atomic E-state index is -0.508. The number of carbonyl (C=O) groups is 1. The first kappa shape index (κ1) is 22.3. The summed E-state index contributed by atoms with van der Waals surface area (Å²) < 4.78 is 6.10. The molecule has 0 atom stereocenters. The van der Waals surface area contributed by atoms with Crippen LogP contribution in [0.15, 0.2) is 40.3 Å². The molecule has 0 saturated carbocycles. The summed E-state index contributed by atoms with van der Waals surface area (Å²) >= 11 is 0. The molecule has 4 aromatic rings. The van der Waals surface area contributed by atoms with Crippen molar-refractivity contribution in [1.82, 2.24) is 55.8 Å². The standard InChI is InChI=1S/C20H23N13O2/c1-13(14-6-5-7-15(10-14)33-23-12-22-29-33)24-26-20(34)17-16(11-31-8-3-2-4-9-31)32(30-25-17)19-18(21)27-35-28-19/h5-7,10,12H,2-4,8-9,11H2,1H3,(H2,21,27)(H,26,34)/b24-13-. The molecule has 0 spiro atoms. The molecule has 1 amide bonds. The molecule has 0 bridgehead atoms. The Labute approximate surface area is 198 Å². The largest absolute Gasteiger partial charge is 0.378 e. The number of carbonyl (C=O) groups excluding carboxylic acids is 1. The molecule has 0 unspecified atom stereocenters. The minimum absolute atomic E-state index is 0.0531. The maximum Gasteiger partial charge on any atom is 0.293 e. The van der Waals surface area contributed by atoms with Crippen molar-refractivity contribution in [3.8, 4) is 11.5 Å². The molecule has 1 saturated heterocycles. The Morgan fingerprint density at radius 1 is 1.20 bits per heavy atom. The van der Waals surface area contributed by atoms with Gasteiger partial charge in [0.05, 0.1) is 17.1 Å². The fourth-order valence-electron chi connectivity index (χ4n) is 3.85. The van der Waals surface area contributed by atoms with Gasteiger partial charge in [-0.3, -0.25) is 9.69 Å². The molecule has 3 N–H and O–H groups in total. The van der Waals surface area contributed by atoms with E-state index in [2.05, 4.69) is 51.5 Å². The van der Waals surface area contributed by atoms with Crippen LogP contribution in [0.25, 0.3) is 11.5 Å². The van der Waals surface area contributed by atoms with E-state index < -0.39 is 5.91 Å². The third kappa shape index (κ3) is 4.74. The Balaban J connectivity index is 1.39. The first-order chi connectivity index (χ1) is 17.1. The van der Waals surface area contributed by atoms with Crippen molar-refractivity contribution in [3.05, 3.63) is 47.5 Å². The number of hydrogen-bond donors (Lipinski definition) is 2. The second-order valence-electron chi connectivity index (χ2n) is 8.02. The Kier molecular flexibility index (Phi) is 6.21. The number of likely N-dealkylation sites (tertiary alicyclic amines) is 1. The van der Waals surface area contributed by atoms with Gasteiger partial charge in [0.2, 0.25) is 11.6 Å². The Morgan fingerprint density at radius 2 is 2.06 bits per heavy atom. The summed E-state index contributed by atoms with van der Waals surface area (Å²) in [6.45, 7) is 4.04. The van der Waals surface area contributed by atoms with Crippen LogP contribution in [0, 0.1) is 0 Å². The number of nitrogens with one attached hydrogen (secondary N) is 1. The van der Waals surface area contributed by atoms with Gasteiger partial charge < -0.3 is 5.73 Å². The van der Waals surface area contributed by atoms with E-state index >= 15 is 0 Å². The zero-order chi connectivity index (χ0) is 24.2. The van der Waals surface area contributed by atoms with Crippen molar-refractivity contribution in [2.24, 2.45) is 5.10 Å². The van der Waals surface area contributed by atoms with Crippen molar-refractivity contribution in [2.75, 3.05) is 18.8 Å². The fourth-order valence-corrected chi connectivity index (χ4v) is 3.85. The summed E-state index contributed by atoms with van der Waals surface area (Å²) in [4.78, 5) is 16.7. The molecule has 15 nitrogen and oxygen atoms in total. The zero-order valence-electron chi connectivity index (χ0n) is 18.9. The topological polar surface area (TPSA) is 184 Å². The smallest absolute Gasteiger partial charge is 0.293 e. The van der Waals surface area contributed by atoms with E-state index in [-0.39, 0.29) is 17.3 Å². The van der Waals surface area contributed by atoms with Gasteiger partial charge in [-0.25, -0.2) is 10.1 Å². The summed E-state index contributed by atoms with van der Waals surface area (Å²) in [5, 5.41) is 31.5. The number of tetrazole rings is 1. The molecule has 1 fully saturated rings. The lowest BCUT2D eigenvalue weighted by atomic mass is 10.1. The van der Waals surface area contributed by atoms with Crippen LogP contribution in [-0.2, 0) is 6.54 Å². The average molecular weight is 477 g/mol. The SMILES string of the molecule is C/C(=N/NC(=O)c1nnn(-c2nonc2N)c1CN1CCCCC1)c1cccc(-n2ncnn2)c1. The number of piperidine rings is 1. The van der Waals surface area contributed by atoms with Crippen molar-refractivity contribution in [2.45, 2.75) is 32.7 Å². The zero-order valence-corrected chi connectivity index (χ0v) is 18.9. The van der Waals surface area contributed by atoms with E-state index in [1.807, 2.05) is 24.3 Å². The molecule has 180 valence electrons. The highest BCUT2D eigenvalue weighted by molar-refractivity contribution is 6.01. The molecule has 1 aliphatic rings. The number of benzene rings is 1. The molecule has 0 aliphatic carbocycles. The second-order valence-corrected chi connectivity index (χ2v) is 8.02. The third-order valence-corrected chi connectivity index (χ3v) is 5.67. The van der Waals surface area contributed by atoms with Gasteiger partial charge in [0.1, 0.15) is 0 Å². The van der Waals surface area contributed by atoms with E-state index in [1.54, 1.807) is 6.92 Å². The predicted octanol–water partition coefficient (Wildman–Crippen LogP) is 0.348. The predicted molar refractivity (Wildman–Crippen MR) is 122 cm³/mol. The van der Waals surface area contributed by atoms with Gasteiger partial charge in [0, 0.05) is 6.54 Å². The molecular weight excluding hydrogens is 454 g/mol. The van der Waals surface area contributed by atoms with Gasteiger partial charge in [-0.1, -0.05) is 23.8 Å². The molecule has 3 aromatic heterocycles. The lowest BCUT2D eigenvalue weighted by molar-refractivity contribution is 0.0947. The van der Waals surface area contributed by atoms with Crippen molar-refractivity contribution < 1.29 is 9.42 Å². The van der Waals surface area contributed by atoms with E-state index in [4.69, 9.17) is 10.4 Å². The lowest BCUT2D eigenvalue weighted by Crippen LogP contribution is -2.31. The van der Waals surface area contributed by atoms with Crippen LogP contribution in [-0.4, -0.2) is 75.1 Å². The normalized spacial score (nSPS) is 14.8. The molecule has 35 heavy (non-hydrogen) atoms. The van der Waals surface area contributed by atoms with Crippen molar-refractivity contribution in [1.29, 1.82) is 0 Å². The number of anilines is 1. The number of aromatic nitrogens is 9. The molecule has 5 rings (SSSR count). The van der Waals surface area contributed by atoms with Gasteiger partial charge in [0.15, 0.2) is 12.0 Å². The average Bonchev–Trinajstić information content (AvgIpc) is 3.65. The molecule has 4 heterocycles. The van der Waals surface area contributed by atoms with Gasteiger partial charge in [-0.05, 0) is 66.1 Å². The quantitative estimate of drug-likeness (QED) is 0.276. The third-order valence-electron chi connectivity index (χ3n) is 5.67. The Bertz CT molecular complexity index is 1330. The van der Waals surface area contributed by atoms with Crippen LogP contribution in [0.5, 0.6) is 0 Å². The number of amides is 1. The van der Waals surface area contributed by atoms with E-state index in [9.17, 15) is 4.79 Å². The number of rotatable bonds is 7. The molecule has 1 aliphatic heterocycles. The van der Waals surface area contributed by atoms with Crippen molar-refractivity contribution >= 4 is 17.4 Å². The summed E-state index contributed by atoms with van der Waals surface area (Å²) in [5.74, 6) is -0.272. The molecule has 0 radical (unpaired) electrons. The van der Waals surface area contributed by atoms with Crippen LogP contribution in [0.4, 0.5) is 5.82 Å². The first-order valence-corrected chi connectivity index (χ1v) is 11.0. The second kappa shape index (κ2) is 9.76. The van der Waals surface area contributed by atoms with Gasteiger partial charge >= 0.3 is 0 Å². The summed E-state index contributed by atoms with van der Waals surface area (Å²) in [7, 11) is 0. The number of hydrazone groups is 1. The van der Waals surface area contributed by atoms with Gasteiger partial charge in [0.25, 0.3) is 5.91 Å². The van der Waals surface area contributed by atoms with Crippen LogP contribution >= 0.6 is 0 Å². The van der Waals surface area contributed by atoms with Gasteiger partial charge in [-0.15, -0.1) is 20.1 Å². The summed E-state index contributed by atoms with van der Waals surface area (Å²) in [6.07, 6.45) is 4.71. The van der Waals surface area contributed by atoms with E-state index in [0.29, 0.717) is 23.6 Å². The Morgan fingerprint density at radius 3 is 2.80 bits per heavy atom. The van der Waals surface area contributed by atoms with Crippen LogP contribution in [0.1, 0.15) is 47.9 Å². The monoisotopic (exact) mass is 477 g/mol. The fraction of sp³-hybridized carbons (Fsp3) is 0.350. The van der Waals surface area contributed by atoms with Crippen molar-refractivity contribution in [3.63, 3.8) is 0 Å². The highest BCUT2D eigenvalue weighted by Gasteiger charge is 2.26. The first-order valence-electron chi connectivity index (χ1n) is 11.0. The number of nitrogens with two attached hydrogens (primary N) is 1. The molecule has 15 heteroatoms. The van der Waals surface area contributed by atoms with E-state index in [0.717, 1.165) is 31.5 Å². The number of hydrogen-bond acceptors (Lipinski definition) is 12. The Hall–Kier alpha value is -4.53. The number of nitrogens with zero attached hydrogens (tertiary/aromatic N) is 11. The number of nitrogen functional groups attached to an aromatic ring is 1. The summed E-state index contributed by atoms with van der Waals surface area (Å²) in [5.41, 5.74) is 11.2. The van der Waals surface area contributed by atoms with Crippen LogP contribution in [0.3, 0.4) is 0 Å². The van der Waals surface area contributed by atoms with Gasteiger partial charge in [-0.2, -0.15) is 9.78 Å². The minimum Gasteiger partial charge on any atom is -0.378 e. The highest BCUT2D eigenvalue weighted by Crippen LogP contribution is 2.20. The maximum atomic E-state index is 13.1. The van der Waals surface area contributed by atoms with Crippen LogP contribution in [0.2, 0.25) is 0 Å². The maximum absolute atomic E-state index is 13.1. The summed E-state index contributed by atoms with van der Waals surface area (Å²) in [6, 6.07) is 7.38. The van der Waals surface area contributed by atoms with Crippen LogP contribution < -0.4 is 11.2 Å². The highest BCUT2D eigenvalue weighted by atomic mass is 16.6. The molecular formula is C20H23N13O2. The van der Waals surface area contributed by atoms with E-state index in [1.165, 1.54) is 22.2 Å². The lowest BCUT2D eigenvalue weighted by Gasteiger charge is -2.26.